The van der Waals surface area contributed by atoms with Gasteiger partial charge in [0.05, 0.1) is 6.33 Å². The summed E-state index contributed by atoms with van der Waals surface area (Å²) < 4.78 is 19.7. The lowest BCUT2D eigenvalue weighted by atomic mass is 10.1. The van der Waals surface area contributed by atoms with Crippen molar-refractivity contribution in [1.82, 2.24) is 19.9 Å². The van der Waals surface area contributed by atoms with Crippen molar-refractivity contribution in [2.24, 2.45) is 0 Å². The number of amides is 2. The van der Waals surface area contributed by atoms with Gasteiger partial charge in [0, 0.05) is 56.0 Å². The monoisotopic (exact) mass is 640 g/mol. The summed E-state index contributed by atoms with van der Waals surface area (Å²) in [6, 6.07) is 21.2. The normalized spacial score (nSPS) is 15.3. The molecule has 3 aromatic carbocycles. The van der Waals surface area contributed by atoms with Crippen LogP contribution in [-0.4, -0.2) is 64.6 Å². The van der Waals surface area contributed by atoms with Crippen LogP contribution in [0.25, 0.3) is 16.8 Å². The van der Waals surface area contributed by atoms with E-state index >= 15 is 0 Å². The maximum absolute atomic E-state index is 13.4. The number of aryl methyl sites for hydroxylation is 1. The van der Waals surface area contributed by atoms with Gasteiger partial charge in [-0.25, -0.2) is 20.1 Å². The minimum atomic E-state index is -0.647. The molecule has 0 aliphatic carbocycles. The van der Waals surface area contributed by atoms with Crippen molar-refractivity contribution >= 4 is 28.8 Å². The third kappa shape index (κ3) is 10.4. The zero-order chi connectivity index (χ0) is 33.1. The number of hydroxylamine groups is 1. The van der Waals surface area contributed by atoms with Crippen LogP contribution < -0.4 is 10.2 Å². The summed E-state index contributed by atoms with van der Waals surface area (Å²) in [5.74, 6) is 0.412. The predicted octanol–water partition coefficient (Wildman–Crippen LogP) is 7.01. The van der Waals surface area contributed by atoms with Gasteiger partial charge in [-0.3, -0.25) is 4.79 Å². The van der Waals surface area contributed by atoms with Gasteiger partial charge in [-0.05, 0) is 74.8 Å². The van der Waals surface area contributed by atoms with E-state index < -0.39 is 18.0 Å². The van der Waals surface area contributed by atoms with E-state index in [1.165, 1.54) is 0 Å². The maximum Gasteiger partial charge on any atom is 0.410 e. The molecule has 0 radical (unpaired) electrons. The molecule has 2 amide bonds. The number of hydrogen-bond donors (Lipinski definition) is 1. The molecular formula is C37H44N4O6. The summed E-state index contributed by atoms with van der Waals surface area (Å²) in [7, 11) is 0. The molecule has 0 saturated carbocycles. The van der Waals surface area contributed by atoms with Crippen molar-refractivity contribution < 1.29 is 28.6 Å². The van der Waals surface area contributed by atoms with E-state index in [4.69, 9.17) is 19.0 Å². The molecule has 1 unspecified atom stereocenters. The summed E-state index contributed by atoms with van der Waals surface area (Å²) in [5, 5.41) is 2.09. The van der Waals surface area contributed by atoms with E-state index in [0.717, 1.165) is 46.9 Å². The van der Waals surface area contributed by atoms with Crippen LogP contribution in [0.1, 0.15) is 62.4 Å². The Balaban J connectivity index is 1.34. The van der Waals surface area contributed by atoms with E-state index in [1.807, 2.05) is 92.2 Å². The number of hydrogen-bond acceptors (Lipinski definition) is 7. The molecule has 1 aliphatic heterocycles. The summed E-state index contributed by atoms with van der Waals surface area (Å²) in [6.45, 7) is 7.94. The van der Waals surface area contributed by atoms with Gasteiger partial charge in [0.25, 0.3) is 5.91 Å². The molecule has 1 atom stereocenters. The fourth-order valence-corrected chi connectivity index (χ4v) is 5.24. The number of nitrogens with one attached hydrogen (secondary N) is 1. The Morgan fingerprint density at radius 1 is 1.06 bits per heavy atom. The van der Waals surface area contributed by atoms with Gasteiger partial charge in [-0.1, -0.05) is 54.6 Å². The third-order valence-electron chi connectivity index (χ3n) is 7.58. The highest BCUT2D eigenvalue weighted by Gasteiger charge is 2.23. The van der Waals surface area contributed by atoms with Crippen LogP contribution in [0.3, 0.4) is 0 Å². The molecule has 10 heteroatoms. The zero-order valence-corrected chi connectivity index (χ0v) is 27.4. The average Bonchev–Trinajstić information content (AvgIpc) is 3.59. The summed E-state index contributed by atoms with van der Waals surface area (Å²) >= 11 is 0. The molecule has 1 saturated heterocycles. The smallest absolute Gasteiger partial charge is 0.410 e. The predicted molar refractivity (Wildman–Crippen MR) is 181 cm³/mol. The Bertz CT molecular complexity index is 1620. The first kappa shape index (κ1) is 33.7. The summed E-state index contributed by atoms with van der Waals surface area (Å²) in [4.78, 5) is 37.4. The molecule has 4 aromatic rings. The molecule has 0 spiro atoms. The largest absolute Gasteiger partial charge is 0.489 e. The van der Waals surface area contributed by atoms with Crippen LogP contribution >= 0.6 is 0 Å². The van der Waals surface area contributed by atoms with Gasteiger partial charge in [0.15, 0.2) is 6.29 Å². The highest BCUT2D eigenvalue weighted by molar-refractivity contribution is 5.93. The number of benzene rings is 3. The molecular weight excluding hydrogens is 596 g/mol. The highest BCUT2D eigenvalue weighted by atomic mass is 16.8. The first-order chi connectivity index (χ1) is 22.7. The number of carbonyl (C=O) groups excluding carboxylic acids is 2. The molecule has 1 aromatic heterocycles. The minimum absolute atomic E-state index is 0.242. The topological polar surface area (TPSA) is 104 Å². The number of rotatable bonds is 13. The van der Waals surface area contributed by atoms with Crippen LogP contribution in [0.4, 0.5) is 4.79 Å². The van der Waals surface area contributed by atoms with Crippen LogP contribution in [0, 0.1) is 0 Å². The minimum Gasteiger partial charge on any atom is -0.489 e. The van der Waals surface area contributed by atoms with Crippen molar-refractivity contribution in [2.75, 3.05) is 26.3 Å². The fourth-order valence-electron chi connectivity index (χ4n) is 5.24. The molecule has 1 aliphatic rings. The second-order valence-corrected chi connectivity index (χ2v) is 12.6. The van der Waals surface area contributed by atoms with E-state index in [-0.39, 0.29) is 12.5 Å². The van der Waals surface area contributed by atoms with E-state index in [9.17, 15) is 9.59 Å². The Labute approximate surface area is 276 Å². The lowest BCUT2D eigenvalue weighted by Gasteiger charge is -2.28. The standard InChI is InChI=1S/C37H44N4O6/c1-37(2,3)46-36(43)41(21-9-20-40-22-19-38-27-40)25-29(26-45-33-13-8-11-30-10-4-5-12-32(30)33)24-28-15-17-31(18-16-28)35(42)39-47-34-14-6-7-23-44-34/h4-5,8,10-13,15-19,22,24,27,34H,6-7,9,14,20-21,23,25-26H2,1-3H3,(H,39,42)/b29-24-. The Morgan fingerprint density at radius 3 is 2.62 bits per heavy atom. The second-order valence-electron chi connectivity index (χ2n) is 12.6. The molecule has 248 valence electrons. The summed E-state index contributed by atoms with van der Waals surface area (Å²) in [5.41, 5.74) is 4.04. The Kier molecular flexibility index (Phi) is 11.6. The van der Waals surface area contributed by atoms with Crippen molar-refractivity contribution in [3.05, 3.63) is 102 Å². The molecule has 5 rings (SSSR count). The first-order valence-corrected chi connectivity index (χ1v) is 16.1. The van der Waals surface area contributed by atoms with Crippen LogP contribution in [-0.2, 0) is 20.9 Å². The quantitative estimate of drug-likeness (QED) is 0.157. The van der Waals surface area contributed by atoms with Crippen molar-refractivity contribution in [3.63, 3.8) is 0 Å². The Morgan fingerprint density at radius 2 is 1.87 bits per heavy atom. The molecule has 1 N–H and O–H groups in total. The van der Waals surface area contributed by atoms with Gasteiger partial charge in [0.2, 0.25) is 0 Å². The SMILES string of the molecule is CC(C)(C)OC(=O)N(CCCn1ccnc1)C/C(=C/c1ccc(C(=O)NOC2CCCCO2)cc1)COc1cccc2ccccc12. The number of carbonyl (C=O) groups is 2. The Hall–Kier alpha value is -4.67. The molecule has 2 heterocycles. The van der Waals surface area contributed by atoms with Gasteiger partial charge in [-0.2, -0.15) is 0 Å². The number of nitrogens with zero attached hydrogens (tertiary/aromatic N) is 3. The lowest BCUT2D eigenvalue weighted by Crippen LogP contribution is -2.39. The molecule has 10 nitrogen and oxygen atoms in total. The van der Waals surface area contributed by atoms with Crippen LogP contribution in [0.15, 0.2) is 91.0 Å². The highest BCUT2D eigenvalue weighted by Crippen LogP contribution is 2.26. The number of ether oxygens (including phenoxy) is 3. The van der Waals surface area contributed by atoms with Crippen LogP contribution in [0.2, 0.25) is 0 Å². The number of fused-ring (bicyclic) bond motifs is 1. The molecule has 47 heavy (non-hydrogen) atoms. The van der Waals surface area contributed by atoms with Gasteiger partial charge in [0.1, 0.15) is 18.0 Å². The average molecular weight is 641 g/mol. The van der Waals surface area contributed by atoms with Gasteiger partial charge < -0.3 is 23.7 Å². The van der Waals surface area contributed by atoms with E-state index in [1.54, 1.807) is 29.6 Å². The van der Waals surface area contributed by atoms with Gasteiger partial charge in [-0.15, -0.1) is 0 Å². The maximum atomic E-state index is 13.4. The van der Waals surface area contributed by atoms with Gasteiger partial charge >= 0.3 is 6.09 Å². The number of aromatic nitrogens is 2. The molecule has 1 fully saturated rings. The van der Waals surface area contributed by atoms with Crippen molar-refractivity contribution in [1.29, 1.82) is 0 Å². The van der Waals surface area contributed by atoms with E-state index in [0.29, 0.717) is 38.2 Å². The second kappa shape index (κ2) is 16.2. The van der Waals surface area contributed by atoms with Crippen molar-refractivity contribution in [3.8, 4) is 5.75 Å². The van der Waals surface area contributed by atoms with Crippen molar-refractivity contribution in [2.45, 2.75) is 64.9 Å². The molecule has 0 bridgehead atoms. The lowest BCUT2D eigenvalue weighted by molar-refractivity contribution is -0.186. The van der Waals surface area contributed by atoms with Crippen LogP contribution in [0.5, 0.6) is 5.75 Å². The summed E-state index contributed by atoms with van der Waals surface area (Å²) in [6.07, 6.45) is 10.0. The third-order valence-corrected chi connectivity index (χ3v) is 7.58. The van der Waals surface area contributed by atoms with E-state index in [2.05, 4.69) is 10.5 Å². The first-order valence-electron chi connectivity index (χ1n) is 16.1. The number of imidazole rings is 1. The fraction of sp³-hybridized carbons (Fsp3) is 0.378. The zero-order valence-electron chi connectivity index (χ0n) is 27.4.